The second kappa shape index (κ2) is 8.49. The molecule has 0 radical (unpaired) electrons. The molecular weight excluding hydrogens is 440 g/mol. The number of amides is 1. The quantitative estimate of drug-likeness (QED) is 0.588. The fourth-order valence-electron chi connectivity index (χ4n) is 3.00. The van der Waals surface area contributed by atoms with Gasteiger partial charge in [-0.05, 0) is 55.0 Å². The first-order chi connectivity index (χ1) is 14.8. The highest BCUT2D eigenvalue weighted by Crippen LogP contribution is 2.32. The summed E-state index contributed by atoms with van der Waals surface area (Å²) in [7, 11) is -3.89. The van der Waals surface area contributed by atoms with Crippen LogP contribution in [0.4, 0.5) is 11.4 Å². The number of rotatable bonds is 5. The van der Waals surface area contributed by atoms with Gasteiger partial charge in [0.25, 0.3) is 15.9 Å². The van der Waals surface area contributed by atoms with Crippen molar-refractivity contribution in [2.75, 3.05) is 23.3 Å². The molecule has 0 saturated carbocycles. The van der Waals surface area contributed by atoms with Crippen LogP contribution in [0.25, 0.3) is 0 Å². The molecule has 31 heavy (non-hydrogen) atoms. The number of carbonyl (C=O) groups excluding carboxylic acids is 1. The van der Waals surface area contributed by atoms with Crippen LogP contribution < -0.4 is 19.5 Å². The fraction of sp³-hybridized carbons (Fsp3) is 0.136. The van der Waals surface area contributed by atoms with Crippen molar-refractivity contribution in [3.63, 3.8) is 0 Å². The fourth-order valence-corrected chi connectivity index (χ4v) is 4.25. The number of aryl methyl sites for hydroxylation is 1. The molecule has 0 bridgehead atoms. The Labute approximate surface area is 185 Å². The molecule has 160 valence electrons. The predicted octanol–water partition coefficient (Wildman–Crippen LogP) is 4.47. The second-order valence-corrected chi connectivity index (χ2v) is 9.00. The molecule has 3 aromatic rings. The SMILES string of the molecule is Cc1ccc(NC(=O)c2cccc(NS(=O)(=O)c3ccc4c(c3)OCCO4)c2)cc1Cl. The van der Waals surface area contributed by atoms with Crippen molar-refractivity contribution in [3.8, 4) is 11.5 Å². The summed E-state index contributed by atoms with van der Waals surface area (Å²) in [6.45, 7) is 2.64. The van der Waals surface area contributed by atoms with Crippen LogP contribution in [0.2, 0.25) is 5.02 Å². The number of hydrogen-bond acceptors (Lipinski definition) is 5. The average molecular weight is 459 g/mol. The van der Waals surface area contributed by atoms with Crippen molar-refractivity contribution >= 4 is 38.9 Å². The van der Waals surface area contributed by atoms with Gasteiger partial charge in [-0.2, -0.15) is 0 Å². The van der Waals surface area contributed by atoms with Gasteiger partial charge >= 0.3 is 0 Å². The van der Waals surface area contributed by atoms with Crippen LogP contribution >= 0.6 is 11.6 Å². The van der Waals surface area contributed by atoms with Crippen molar-refractivity contribution in [1.82, 2.24) is 0 Å². The number of carbonyl (C=O) groups is 1. The normalized spacial score (nSPS) is 12.8. The van der Waals surface area contributed by atoms with Crippen LogP contribution in [0.5, 0.6) is 11.5 Å². The Balaban J connectivity index is 1.52. The number of hydrogen-bond donors (Lipinski definition) is 2. The molecule has 0 atom stereocenters. The van der Waals surface area contributed by atoms with Crippen LogP contribution in [0.3, 0.4) is 0 Å². The van der Waals surface area contributed by atoms with Crippen molar-refractivity contribution in [2.24, 2.45) is 0 Å². The molecule has 1 heterocycles. The van der Waals surface area contributed by atoms with E-state index in [1.54, 1.807) is 42.5 Å². The molecule has 0 aliphatic carbocycles. The summed E-state index contributed by atoms with van der Waals surface area (Å²) in [6, 6.07) is 15.8. The summed E-state index contributed by atoms with van der Waals surface area (Å²) < 4.78 is 39.0. The first-order valence-corrected chi connectivity index (χ1v) is 11.3. The van der Waals surface area contributed by atoms with E-state index in [0.29, 0.717) is 41.0 Å². The molecule has 2 N–H and O–H groups in total. The Morgan fingerprint density at radius 3 is 2.48 bits per heavy atom. The number of fused-ring (bicyclic) bond motifs is 1. The lowest BCUT2D eigenvalue weighted by atomic mass is 10.1. The summed E-state index contributed by atoms with van der Waals surface area (Å²) in [5.41, 5.74) is 1.99. The summed E-state index contributed by atoms with van der Waals surface area (Å²) in [4.78, 5) is 12.6. The van der Waals surface area contributed by atoms with E-state index in [0.717, 1.165) is 5.56 Å². The Morgan fingerprint density at radius 1 is 0.935 bits per heavy atom. The number of ether oxygens (including phenoxy) is 2. The van der Waals surface area contributed by atoms with E-state index < -0.39 is 10.0 Å². The van der Waals surface area contributed by atoms with Crippen LogP contribution in [0.1, 0.15) is 15.9 Å². The third kappa shape index (κ3) is 4.76. The van der Waals surface area contributed by atoms with E-state index >= 15 is 0 Å². The zero-order valence-corrected chi connectivity index (χ0v) is 18.1. The number of sulfonamides is 1. The van der Waals surface area contributed by atoms with Gasteiger partial charge in [0, 0.05) is 28.0 Å². The van der Waals surface area contributed by atoms with Gasteiger partial charge in [0.05, 0.1) is 4.90 Å². The first-order valence-electron chi connectivity index (χ1n) is 9.42. The molecule has 4 rings (SSSR count). The Hall–Kier alpha value is -3.23. The molecule has 9 heteroatoms. The number of anilines is 2. The van der Waals surface area contributed by atoms with Gasteiger partial charge < -0.3 is 14.8 Å². The molecule has 1 aliphatic heterocycles. The molecule has 0 fully saturated rings. The lowest BCUT2D eigenvalue weighted by Crippen LogP contribution is -2.17. The Morgan fingerprint density at radius 2 is 1.71 bits per heavy atom. The molecule has 0 spiro atoms. The van der Waals surface area contributed by atoms with Gasteiger partial charge in [0.1, 0.15) is 13.2 Å². The van der Waals surface area contributed by atoms with Gasteiger partial charge in [0.15, 0.2) is 11.5 Å². The summed E-state index contributed by atoms with van der Waals surface area (Å²) in [5.74, 6) is 0.486. The molecule has 0 aromatic heterocycles. The summed E-state index contributed by atoms with van der Waals surface area (Å²) in [5, 5.41) is 3.29. The van der Waals surface area contributed by atoms with Crippen LogP contribution in [-0.2, 0) is 10.0 Å². The largest absolute Gasteiger partial charge is 0.486 e. The highest BCUT2D eigenvalue weighted by Gasteiger charge is 2.20. The monoisotopic (exact) mass is 458 g/mol. The third-order valence-electron chi connectivity index (χ3n) is 4.63. The lowest BCUT2D eigenvalue weighted by Gasteiger charge is -2.19. The zero-order valence-electron chi connectivity index (χ0n) is 16.5. The number of benzene rings is 3. The van der Waals surface area contributed by atoms with Crippen LogP contribution in [-0.4, -0.2) is 27.5 Å². The van der Waals surface area contributed by atoms with E-state index in [2.05, 4.69) is 10.0 Å². The van der Waals surface area contributed by atoms with Gasteiger partial charge in [-0.1, -0.05) is 23.7 Å². The Kier molecular flexibility index (Phi) is 5.75. The zero-order chi connectivity index (χ0) is 22.0. The van der Waals surface area contributed by atoms with Gasteiger partial charge in [-0.25, -0.2) is 8.42 Å². The minimum absolute atomic E-state index is 0.0286. The van der Waals surface area contributed by atoms with Crippen molar-refractivity contribution in [1.29, 1.82) is 0 Å². The molecular formula is C22H19ClN2O5S. The van der Waals surface area contributed by atoms with Gasteiger partial charge in [0.2, 0.25) is 0 Å². The minimum Gasteiger partial charge on any atom is -0.486 e. The van der Waals surface area contributed by atoms with E-state index in [1.807, 2.05) is 6.92 Å². The van der Waals surface area contributed by atoms with E-state index in [9.17, 15) is 13.2 Å². The summed E-state index contributed by atoms with van der Waals surface area (Å²) >= 11 is 6.10. The summed E-state index contributed by atoms with van der Waals surface area (Å²) in [6.07, 6.45) is 0. The molecule has 3 aromatic carbocycles. The van der Waals surface area contributed by atoms with E-state index in [1.165, 1.54) is 18.2 Å². The van der Waals surface area contributed by atoms with E-state index in [4.69, 9.17) is 21.1 Å². The van der Waals surface area contributed by atoms with Crippen molar-refractivity contribution < 1.29 is 22.7 Å². The van der Waals surface area contributed by atoms with Crippen molar-refractivity contribution in [3.05, 3.63) is 76.8 Å². The Bertz CT molecular complexity index is 1260. The second-order valence-electron chi connectivity index (χ2n) is 6.91. The third-order valence-corrected chi connectivity index (χ3v) is 6.42. The highest BCUT2D eigenvalue weighted by atomic mass is 35.5. The molecule has 1 aliphatic rings. The number of nitrogens with one attached hydrogen (secondary N) is 2. The van der Waals surface area contributed by atoms with Crippen LogP contribution in [0, 0.1) is 6.92 Å². The molecule has 1 amide bonds. The highest BCUT2D eigenvalue weighted by molar-refractivity contribution is 7.92. The minimum atomic E-state index is -3.89. The predicted molar refractivity (Wildman–Crippen MR) is 119 cm³/mol. The first kappa shape index (κ1) is 21.0. The van der Waals surface area contributed by atoms with Gasteiger partial charge in [-0.15, -0.1) is 0 Å². The molecule has 0 saturated heterocycles. The van der Waals surface area contributed by atoms with Gasteiger partial charge in [-0.3, -0.25) is 9.52 Å². The van der Waals surface area contributed by atoms with E-state index in [-0.39, 0.29) is 16.5 Å². The standard InChI is InChI=1S/C22H19ClN2O5S/c1-14-5-6-16(12-19(14)23)24-22(26)15-3-2-4-17(11-15)25-31(27,28)18-7-8-20-21(13-18)30-10-9-29-20/h2-8,11-13,25H,9-10H2,1H3,(H,24,26). The van der Waals surface area contributed by atoms with Crippen molar-refractivity contribution in [2.45, 2.75) is 11.8 Å². The topological polar surface area (TPSA) is 93.7 Å². The smallest absolute Gasteiger partial charge is 0.262 e. The average Bonchev–Trinajstić information content (AvgIpc) is 2.76. The molecule has 0 unspecified atom stereocenters. The number of halogens is 1. The maximum absolute atomic E-state index is 12.8. The maximum atomic E-state index is 12.8. The molecule has 7 nitrogen and oxygen atoms in total. The maximum Gasteiger partial charge on any atom is 0.262 e. The lowest BCUT2D eigenvalue weighted by molar-refractivity contribution is 0.102. The van der Waals surface area contributed by atoms with Crippen LogP contribution in [0.15, 0.2) is 65.6 Å².